The van der Waals surface area contributed by atoms with E-state index in [4.69, 9.17) is 0 Å². The Morgan fingerprint density at radius 3 is 2.95 bits per heavy atom. The number of fused-ring (bicyclic) bond motifs is 1. The van der Waals surface area contributed by atoms with Crippen LogP contribution in [0.25, 0.3) is 11.0 Å². The molecule has 0 saturated carbocycles. The van der Waals surface area contributed by atoms with Gasteiger partial charge < -0.3 is 14.6 Å². The van der Waals surface area contributed by atoms with Crippen molar-refractivity contribution < 1.29 is 14.3 Å². The van der Waals surface area contributed by atoms with E-state index in [9.17, 15) is 9.59 Å². The van der Waals surface area contributed by atoms with Gasteiger partial charge in [-0.1, -0.05) is 6.07 Å². The predicted molar refractivity (Wildman–Crippen MR) is 69.4 cm³/mol. The fourth-order valence-corrected chi connectivity index (χ4v) is 1.82. The highest BCUT2D eigenvalue weighted by atomic mass is 16.5. The molecule has 0 spiro atoms. The Morgan fingerprint density at radius 2 is 2.21 bits per heavy atom. The van der Waals surface area contributed by atoms with Crippen molar-refractivity contribution in [3.05, 3.63) is 30.1 Å². The van der Waals surface area contributed by atoms with E-state index in [1.807, 2.05) is 29.8 Å². The standard InChI is InChI=1S/C13H15N3O3/c1-16-8-15-10-7-9(3-4-11(10)16)5-6-14-12(17)13(18)19-2/h3-4,7-8H,5-6H2,1-2H3,(H,14,17). The summed E-state index contributed by atoms with van der Waals surface area (Å²) in [7, 11) is 3.11. The van der Waals surface area contributed by atoms with Crippen molar-refractivity contribution in [1.82, 2.24) is 14.9 Å². The first-order chi connectivity index (χ1) is 9.11. The number of nitrogens with zero attached hydrogens (tertiary/aromatic N) is 2. The second-order valence-electron chi connectivity index (χ2n) is 4.18. The molecule has 0 bridgehead atoms. The van der Waals surface area contributed by atoms with Crippen LogP contribution in [0.5, 0.6) is 0 Å². The molecule has 0 saturated heterocycles. The molecule has 1 amide bonds. The highest BCUT2D eigenvalue weighted by molar-refractivity contribution is 6.32. The Hall–Kier alpha value is -2.37. The molecule has 6 nitrogen and oxygen atoms in total. The van der Waals surface area contributed by atoms with Crippen LogP contribution in [0.15, 0.2) is 24.5 Å². The molecule has 1 heterocycles. The van der Waals surface area contributed by atoms with Crippen molar-refractivity contribution in [3.8, 4) is 0 Å². The number of esters is 1. The van der Waals surface area contributed by atoms with Gasteiger partial charge in [-0.2, -0.15) is 0 Å². The number of hydrogen-bond acceptors (Lipinski definition) is 4. The second kappa shape index (κ2) is 5.51. The third-order valence-corrected chi connectivity index (χ3v) is 2.86. The minimum Gasteiger partial charge on any atom is -0.462 e. The molecule has 2 rings (SSSR count). The SMILES string of the molecule is COC(=O)C(=O)NCCc1ccc2c(c1)ncn2C. The predicted octanol–water partition coefficient (Wildman–Crippen LogP) is 0.405. The second-order valence-corrected chi connectivity index (χ2v) is 4.18. The molecule has 19 heavy (non-hydrogen) atoms. The van der Waals surface area contributed by atoms with E-state index in [0.29, 0.717) is 13.0 Å². The molecule has 0 atom stereocenters. The van der Waals surface area contributed by atoms with Crippen molar-refractivity contribution in [1.29, 1.82) is 0 Å². The van der Waals surface area contributed by atoms with Crippen molar-refractivity contribution in [3.63, 3.8) is 0 Å². The fraction of sp³-hybridized carbons (Fsp3) is 0.308. The number of ether oxygens (including phenoxy) is 1. The fourth-order valence-electron chi connectivity index (χ4n) is 1.82. The molecule has 0 aliphatic carbocycles. The molecule has 0 fully saturated rings. The first-order valence-corrected chi connectivity index (χ1v) is 5.88. The molecule has 0 unspecified atom stereocenters. The largest absolute Gasteiger partial charge is 0.462 e. The third-order valence-electron chi connectivity index (χ3n) is 2.86. The van der Waals surface area contributed by atoms with Crippen LogP contribution in [0.4, 0.5) is 0 Å². The zero-order chi connectivity index (χ0) is 13.8. The summed E-state index contributed by atoms with van der Waals surface area (Å²) in [6.07, 6.45) is 2.39. The number of rotatable bonds is 3. The minimum atomic E-state index is -0.875. The van der Waals surface area contributed by atoms with E-state index >= 15 is 0 Å². The van der Waals surface area contributed by atoms with E-state index in [-0.39, 0.29) is 0 Å². The van der Waals surface area contributed by atoms with Crippen molar-refractivity contribution >= 4 is 22.9 Å². The van der Waals surface area contributed by atoms with Crippen molar-refractivity contribution in [2.45, 2.75) is 6.42 Å². The number of aryl methyl sites for hydroxylation is 1. The number of aromatic nitrogens is 2. The third kappa shape index (κ3) is 2.90. The van der Waals surface area contributed by atoms with Gasteiger partial charge in [0.15, 0.2) is 0 Å². The smallest absolute Gasteiger partial charge is 0.396 e. The normalized spacial score (nSPS) is 10.4. The molecule has 100 valence electrons. The number of methoxy groups -OCH3 is 1. The maximum Gasteiger partial charge on any atom is 0.396 e. The summed E-state index contributed by atoms with van der Waals surface area (Å²) >= 11 is 0. The monoisotopic (exact) mass is 261 g/mol. The summed E-state index contributed by atoms with van der Waals surface area (Å²) in [5.41, 5.74) is 3.03. The lowest BCUT2D eigenvalue weighted by Gasteiger charge is -2.04. The average molecular weight is 261 g/mol. The number of hydrogen-bond donors (Lipinski definition) is 1. The molecule has 0 aliphatic rings. The Bertz CT molecular complexity index is 619. The van der Waals surface area contributed by atoms with Crippen LogP contribution in [0.1, 0.15) is 5.56 Å². The summed E-state index contributed by atoms with van der Waals surface area (Å²) in [6, 6.07) is 5.94. The lowest BCUT2D eigenvalue weighted by molar-refractivity contribution is -0.152. The zero-order valence-electron chi connectivity index (χ0n) is 10.8. The van der Waals surface area contributed by atoms with E-state index in [0.717, 1.165) is 16.6 Å². The quantitative estimate of drug-likeness (QED) is 0.641. The Labute approximate surface area is 110 Å². The summed E-state index contributed by atoms with van der Waals surface area (Å²) in [5, 5.41) is 2.50. The number of imidazole rings is 1. The lowest BCUT2D eigenvalue weighted by Crippen LogP contribution is -2.33. The molecule has 1 aromatic heterocycles. The van der Waals surface area contributed by atoms with Crippen LogP contribution in [-0.2, 0) is 27.8 Å². The van der Waals surface area contributed by atoms with Gasteiger partial charge in [-0.25, -0.2) is 9.78 Å². The van der Waals surface area contributed by atoms with Gasteiger partial charge in [0.05, 0.1) is 24.5 Å². The van der Waals surface area contributed by atoms with Crippen LogP contribution in [-0.4, -0.2) is 35.1 Å². The van der Waals surface area contributed by atoms with Gasteiger partial charge in [0.25, 0.3) is 0 Å². The van der Waals surface area contributed by atoms with Gasteiger partial charge in [0, 0.05) is 13.6 Å². The van der Waals surface area contributed by atoms with Gasteiger partial charge in [0.2, 0.25) is 0 Å². The Kier molecular flexibility index (Phi) is 3.79. The van der Waals surface area contributed by atoms with E-state index in [1.165, 1.54) is 7.11 Å². The van der Waals surface area contributed by atoms with E-state index in [1.54, 1.807) is 6.33 Å². The van der Waals surface area contributed by atoms with Crippen LogP contribution < -0.4 is 5.32 Å². The summed E-state index contributed by atoms with van der Waals surface area (Å²) in [4.78, 5) is 26.3. The van der Waals surface area contributed by atoms with Crippen LogP contribution in [0, 0.1) is 0 Å². The maximum atomic E-state index is 11.2. The van der Waals surface area contributed by atoms with Crippen molar-refractivity contribution in [2.75, 3.05) is 13.7 Å². The minimum absolute atomic E-state index is 0.381. The van der Waals surface area contributed by atoms with E-state index < -0.39 is 11.9 Å². The van der Waals surface area contributed by atoms with E-state index in [2.05, 4.69) is 15.0 Å². The van der Waals surface area contributed by atoms with Gasteiger partial charge >= 0.3 is 11.9 Å². The molecule has 1 N–H and O–H groups in total. The number of benzene rings is 1. The number of amides is 1. The molecule has 6 heteroatoms. The highest BCUT2D eigenvalue weighted by Gasteiger charge is 2.12. The molecular formula is C13H15N3O3. The number of nitrogens with one attached hydrogen (secondary N) is 1. The Balaban J connectivity index is 1.95. The topological polar surface area (TPSA) is 73.2 Å². The van der Waals surface area contributed by atoms with Crippen LogP contribution in [0.2, 0.25) is 0 Å². The Morgan fingerprint density at radius 1 is 1.42 bits per heavy atom. The van der Waals surface area contributed by atoms with Gasteiger partial charge in [-0.3, -0.25) is 4.79 Å². The average Bonchev–Trinajstić information content (AvgIpc) is 2.79. The van der Waals surface area contributed by atoms with Crippen molar-refractivity contribution in [2.24, 2.45) is 7.05 Å². The van der Waals surface area contributed by atoms with Gasteiger partial charge in [-0.05, 0) is 24.1 Å². The summed E-state index contributed by atoms with van der Waals surface area (Å²) in [6.45, 7) is 0.381. The van der Waals surface area contributed by atoms with Crippen LogP contribution >= 0.6 is 0 Å². The van der Waals surface area contributed by atoms with Crippen LogP contribution in [0.3, 0.4) is 0 Å². The van der Waals surface area contributed by atoms with Gasteiger partial charge in [0.1, 0.15) is 0 Å². The first-order valence-electron chi connectivity index (χ1n) is 5.88. The maximum absolute atomic E-state index is 11.2. The number of carbonyl (C=O) groups is 2. The molecule has 1 aromatic carbocycles. The lowest BCUT2D eigenvalue weighted by atomic mass is 10.1. The summed E-state index contributed by atoms with van der Waals surface area (Å²) in [5.74, 6) is -1.60. The molecule has 0 aliphatic heterocycles. The first kappa shape index (κ1) is 13.1. The molecule has 2 aromatic rings. The highest BCUT2D eigenvalue weighted by Crippen LogP contribution is 2.13. The molecular weight excluding hydrogens is 246 g/mol. The van der Waals surface area contributed by atoms with Gasteiger partial charge in [-0.15, -0.1) is 0 Å². The number of carbonyl (C=O) groups excluding carboxylic acids is 2. The zero-order valence-corrected chi connectivity index (χ0v) is 10.8. The molecule has 0 radical (unpaired) electrons. The summed E-state index contributed by atoms with van der Waals surface area (Å²) < 4.78 is 6.25.